The molecule has 0 atom stereocenters. The van der Waals surface area contributed by atoms with Crippen LogP contribution in [0.5, 0.6) is 0 Å². The third kappa shape index (κ3) is 1.38. The lowest BCUT2D eigenvalue weighted by molar-refractivity contribution is 0.974. The number of allylic oxidation sites excluding steroid dienone is 1. The summed E-state index contributed by atoms with van der Waals surface area (Å²) in [5, 5.41) is 1.41. The first-order valence-corrected chi connectivity index (χ1v) is 5.88. The van der Waals surface area contributed by atoms with Gasteiger partial charge in [0.25, 0.3) is 0 Å². The number of benzene rings is 1. The van der Waals surface area contributed by atoms with Crippen molar-refractivity contribution in [1.82, 2.24) is 4.98 Å². The maximum atomic E-state index is 5.57. The van der Waals surface area contributed by atoms with Crippen LogP contribution in [0.25, 0.3) is 16.5 Å². The second kappa shape index (κ2) is 3.80. The van der Waals surface area contributed by atoms with Crippen molar-refractivity contribution in [3.63, 3.8) is 0 Å². The highest BCUT2D eigenvalue weighted by molar-refractivity contribution is 5.96. The monoisotopic (exact) mass is 212 g/mol. The molecule has 3 N–H and O–H groups in total. The topological polar surface area (TPSA) is 41.8 Å². The third-order valence-corrected chi connectivity index (χ3v) is 3.35. The molecule has 1 heterocycles. The molecule has 1 aliphatic rings. The minimum absolute atomic E-state index is 0.736. The van der Waals surface area contributed by atoms with Crippen LogP contribution in [0.4, 0.5) is 0 Å². The first kappa shape index (κ1) is 9.67. The van der Waals surface area contributed by atoms with Crippen molar-refractivity contribution in [3.8, 4) is 0 Å². The van der Waals surface area contributed by atoms with Crippen LogP contribution in [0, 0.1) is 0 Å². The van der Waals surface area contributed by atoms with Gasteiger partial charge in [-0.15, -0.1) is 0 Å². The molecule has 0 radical (unpaired) electrons. The highest BCUT2D eigenvalue weighted by atomic mass is 14.7. The smallest absolute Gasteiger partial charge is 0.0462 e. The number of rotatable bonds is 2. The summed E-state index contributed by atoms with van der Waals surface area (Å²) < 4.78 is 0. The molecule has 0 saturated heterocycles. The first-order chi connectivity index (χ1) is 7.90. The minimum Gasteiger partial charge on any atom is -0.361 e. The van der Waals surface area contributed by atoms with Gasteiger partial charge < -0.3 is 10.7 Å². The summed E-state index contributed by atoms with van der Waals surface area (Å²) >= 11 is 0. The van der Waals surface area contributed by atoms with E-state index < -0.39 is 0 Å². The third-order valence-electron chi connectivity index (χ3n) is 3.35. The normalized spacial score (nSPS) is 17.2. The van der Waals surface area contributed by atoms with E-state index in [1.807, 2.05) is 0 Å². The number of H-pyrrole nitrogens is 1. The van der Waals surface area contributed by atoms with Gasteiger partial charge in [-0.3, -0.25) is 0 Å². The standard InChI is InChI=1S/C14H16N2/c15-8-2-3-10-6-7-11-9-16-13-5-1-4-12(10)14(11)13/h1,3-5,9,16H,2,6-8,15H2/b10-3+. The van der Waals surface area contributed by atoms with Crippen molar-refractivity contribution in [2.75, 3.05) is 6.54 Å². The Labute approximate surface area is 95.2 Å². The van der Waals surface area contributed by atoms with Crippen molar-refractivity contribution in [1.29, 1.82) is 0 Å². The Bertz CT molecular complexity index is 549. The van der Waals surface area contributed by atoms with Gasteiger partial charge in [-0.25, -0.2) is 0 Å². The Morgan fingerprint density at radius 1 is 1.31 bits per heavy atom. The zero-order valence-electron chi connectivity index (χ0n) is 9.29. The largest absolute Gasteiger partial charge is 0.361 e. The van der Waals surface area contributed by atoms with Crippen molar-refractivity contribution in [2.24, 2.45) is 5.73 Å². The van der Waals surface area contributed by atoms with Crippen LogP contribution in [0.15, 0.2) is 30.5 Å². The van der Waals surface area contributed by atoms with Crippen LogP contribution in [-0.2, 0) is 6.42 Å². The van der Waals surface area contributed by atoms with E-state index in [0.717, 1.165) is 25.8 Å². The number of nitrogens with two attached hydrogens (primary N) is 1. The number of aryl methyl sites for hydroxylation is 1. The fourth-order valence-electron chi connectivity index (χ4n) is 2.59. The molecular weight excluding hydrogens is 196 g/mol. The predicted molar refractivity (Wildman–Crippen MR) is 68.3 cm³/mol. The SMILES string of the molecule is NCC/C=C1\CCc2c[nH]c3cccc1c23. The average Bonchev–Trinajstić information content (AvgIpc) is 2.74. The quantitative estimate of drug-likeness (QED) is 0.789. The summed E-state index contributed by atoms with van der Waals surface area (Å²) in [4.78, 5) is 3.34. The fraction of sp³-hybridized carbons (Fsp3) is 0.286. The lowest BCUT2D eigenvalue weighted by atomic mass is 9.88. The summed E-state index contributed by atoms with van der Waals surface area (Å²) in [5.74, 6) is 0. The van der Waals surface area contributed by atoms with Gasteiger partial charge in [0.05, 0.1) is 0 Å². The van der Waals surface area contributed by atoms with Crippen LogP contribution in [0.2, 0.25) is 0 Å². The van der Waals surface area contributed by atoms with E-state index in [4.69, 9.17) is 5.73 Å². The molecule has 1 aliphatic carbocycles. The Morgan fingerprint density at radius 2 is 2.25 bits per heavy atom. The summed E-state index contributed by atoms with van der Waals surface area (Å²) in [6.07, 6.45) is 7.71. The molecule has 0 saturated carbocycles. The number of hydrogen-bond acceptors (Lipinski definition) is 1. The number of hydrogen-bond donors (Lipinski definition) is 2. The molecule has 0 fully saturated rings. The average molecular weight is 212 g/mol. The van der Waals surface area contributed by atoms with Gasteiger partial charge in [0.2, 0.25) is 0 Å². The Hall–Kier alpha value is -1.54. The Morgan fingerprint density at radius 3 is 3.12 bits per heavy atom. The fourth-order valence-corrected chi connectivity index (χ4v) is 2.59. The molecule has 1 aromatic heterocycles. The number of nitrogens with one attached hydrogen (secondary N) is 1. The van der Waals surface area contributed by atoms with Gasteiger partial charge >= 0.3 is 0 Å². The summed E-state index contributed by atoms with van der Waals surface area (Å²) in [5.41, 5.74) is 11.1. The lowest BCUT2D eigenvalue weighted by Gasteiger charge is -2.16. The molecule has 3 rings (SSSR count). The summed E-state index contributed by atoms with van der Waals surface area (Å²) in [6.45, 7) is 0.736. The second-order valence-corrected chi connectivity index (χ2v) is 4.35. The molecule has 16 heavy (non-hydrogen) atoms. The number of aromatic nitrogens is 1. The summed E-state index contributed by atoms with van der Waals surface area (Å²) in [7, 11) is 0. The highest BCUT2D eigenvalue weighted by Gasteiger charge is 2.16. The van der Waals surface area contributed by atoms with Crippen molar-refractivity contribution in [2.45, 2.75) is 19.3 Å². The number of aromatic amines is 1. The minimum atomic E-state index is 0.736. The molecule has 82 valence electrons. The summed E-state index contributed by atoms with van der Waals surface area (Å²) in [6, 6.07) is 6.49. The van der Waals surface area contributed by atoms with Gasteiger partial charge in [-0.05, 0) is 48.6 Å². The molecule has 2 nitrogen and oxygen atoms in total. The molecule has 0 bridgehead atoms. The van der Waals surface area contributed by atoms with Crippen LogP contribution in [0.3, 0.4) is 0 Å². The maximum Gasteiger partial charge on any atom is 0.0462 e. The second-order valence-electron chi connectivity index (χ2n) is 4.35. The van der Waals surface area contributed by atoms with Gasteiger partial charge in [0.15, 0.2) is 0 Å². The van der Waals surface area contributed by atoms with Gasteiger partial charge in [-0.2, -0.15) is 0 Å². The molecule has 0 unspecified atom stereocenters. The van der Waals surface area contributed by atoms with Crippen LogP contribution < -0.4 is 5.73 Å². The van der Waals surface area contributed by atoms with E-state index in [1.165, 1.54) is 27.6 Å². The van der Waals surface area contributed by atoms with E-state index in [1.54, 1.807) is 0 Å². The Balaban J connectivity index is 2.19. The van der Waals surface area contributed by atoms with E-state index in [2.05, 4.69) is 35.5 Å². The van der Waals surface area contributed by atoms with E-state index in [0.29, 0.717) is 0 Å². The molecule has 0 aliphatic heterocycles. The molecule has 2 aromatic rings. The highest BCUT2D eigenvalue weighted by Crippen LogP contribution is 2.35. The lowest BCUT2D eigenvalue weighted by Crippen LogP contribution is -2.00. The first-order valence-electron chi connectivity index (χ1n) is 5.88. The predicted octanol–water partition coefficient (Wildman–Crippen LogP) is 2.85. The van der Waals surface area contributed by atoms with Crippen molar-refractivity contribution >= 4 is 16.5 Å². The molecule has 0 spiro atoms. The molecule has 2 heteroatoms. The van der Waals surface area contributed by atoms with Crippen LogP contribution >= 0.6 is 0 Å². The zero-order valence-corrected chi connectivity index (χ0v) is 9.29. The van der Waals surface area contributed by atoms with E-state index in [9.17, 15) is 0 Å². The van der Waals surface area contributed by atoms with Gasteiger partial charge in [-0.1, -0.05) is 18.2 Å². The van der Waals surface area contributed by atoms with Crippen molar-refractivity contribution < 1.29 is 0 Å². The van der Waals surface area contributed by atoms with Gasteiger partial charge in [0.1, 0.15) is 0 Å². The molecule has 1 aromatic carbocycles. The van der Waals surface area contributed by atoms with Gasteiger partial charge in [0, 0.05) is 17.1 Å². The maximum absolute atomic E-state index is 5.57. The Kier molecular flexibility index (Phi) is 2.29. The molecular formula is C14H16N2. The van der Waals surface area contributed by atoms with Crippen LogP contribution in [-0.4, -0.2) is 11.5 Å². The van der Waals surface area contributed by atoms with Crippen molar-refractivity contribution in [3.05, 3.63) is 41.6 Å². The van der Waals surface area contributed by atoms with E-state index in [-0.39, 0.29) is 0 Å². The zero-order chi connectivity index (χ0) is 11.0. The molecule has 0 amide bonds. The van der Waals surface area contributed by atoms with Crippen LogP contribution in [0.1, 0.15) is 24.0 Å². The van der Waals surface area contributed by atoms with E-state index >= 15 is 0 Å².